The largest absolute Gasteiger partial charge is 0.370 e. The molecular weight excluding hydrogens is 393 g/mol. The molecular formula is C23H26FN7. The standard InChI is InChI=1S/C23H26FN7/c1-12-7-8-17(24)22-21(12)15(13(2)26-22)9-10-25-19-11-20(28-14(3)27-19)29-23-16-5-4-6-18(16)30-31-23/h7-8,11,26H,4-6,9-10H2,1-3H3,(H3,25,27,28,29,30,31). The van der Waals surface area contributed by atoms with Gasteiger partial charge < -0.3 is 15.6 Å². The van der Waals surface area contributed by atoms with Crippen molar-refractivity contribution in [2.75, 3.05) is 17.2 Å². The predicted octanol–water partition coefficient (Wildman–Crippen LogP) is 4.63. The number of H-pyrrole nitrogens is 2. The van der Waals surface area contributed by atoms with Gasteiger partial charge in [-0.15, -0.1) is 0 Å². The number of hydrogen-bond acceptors (Lipinski definition) is 5. The second kappa shape index (κ2) is 7.68. The van der Waals surface area contributed by atoms with E-state index in [1.54, 1.807) is 0 Å². The Kier molecular flexibility index (Phi) is 4.84. The van der Waals surface area contributed by atoms with Gasteiger partial charge in [-0.3, -0.25) is 5.10 Å². The molecule has 4 aromatic rings. The minimum Gasteiger partial charge on any atom is -0.370 e. The van der Waals surface area contributed by atoms with E-state index < -0.39 is 0 Å². The molecule has 0 amide bonds. The zero-order valence-corrected chi connectivity index (χ0v) is 18.0. The maximum Gasteiger partial charge on any atom is 0.156 e. The molecule has 160 valence electrons. The van der Waals surface area contributed by atoms with Crippen LogP contribution in [0.3, 0.4) is 0 Å². The Bertz CT molecular complexity index is 1270. The monoisotopic (exact) mass is 419 g/mol. The Labute approximate surface area is 179 Å². The summed E-state index contributed by atoms with van der Waals surface area (Å²) < 4.78 is 14.2. The minimum atomic E-state index is -0.213. The summed E-state index contributed by atoms with van der Waals surface area (Å²) in [6, 6.07) is 5.25. The number of aryl methyl sites for hydroxylation is 4. The van der Waals surface area contributed by atoms with E-state index in [9.17, 15) is 4.39 Å². The van der Waals surface area contributed by atoms with Crippen LogP contribution in [0.4, 0.5) is 21.8 Å². The number of anilines is 3. The number of benzene rings is 1. The van der Waals surface area contributed by atoms with E-state index in [1.165, 1.54) is 17.3 Å². The van der Waals surface area contributed by atoms with Crippen molar-refractivity contribution in [3.63, 3.8) is 0 Å². The zero-order valence-electron chi connectivity index (χ0n) is 18.0. The first kappa shape index (κ1) is 19.5. The summed E-state index contributed by atoms with van der Waals surface area (Å²) in [6.45, 7) is 6.57. The molecule has 5 rings (SSSR count). The fourth-order valence-electron chi connectivity index (χ4n) is 4.54. The van der Waals surface area contributed by atoms with Crippen LogP contribution in [0.25, 0.3) is 10.9 Å². The lowest BCUT2D eigenvalue weighted by Crippen LogP contribution is -2.09. The molecule has 0 radical (unpaired) electrons. The normalized spacial score (nSPS) is 13.0. The summed E-state index contributed by atoms with van der Waals surface area (Å²) in [5, 5.41) is 15.2. The third-order valence-electron chi connectivity index (χ3n) is 6.00. The van der Waals surface area contributed by atoms with E-state index in [4.69, 9.17) is 0 Å². The number of fused-ring (bicyclic) bond motifs is 2. The predicted molar refractivity (Wildman–Crippen MR) is 121 cm³/mol. The first-order chi connectivity index (χ1) is 15.0. The van der Waals surface area contributed by atoms with Gasteiger partial charge in [-0.2, -0.15) is 5.10 Å². The number of rotatable bonds is 6. The highest BCUT2D eigenvalue weighted by molar-refractivity contribution is 5.88. The van der Waals surface area contributed by atoms with Crippen LogP contribution in [0.15, 0.2) is 18.2 Å². The van der Waals surface area contributed by atoms with E-state index in [2.05, 4.69) is 35.8 Å². The Morgan fingerprint density at radius 1 is 1.10 bits per heavy atom. The summed E-state index contributed by atoms with van der Waals surface area (Å²) in [7, 11) is 0. The van der Waals surface area contributed by atoms with E-state index in [0.29, 0.717) is 17.9 Å². The topological polar surface area (TPSA) is 94.3 Å². The molecule has 31 heavy (non-hydrogen) atoms. The van der Waals surface area contributed by atoms with Crippen molar-refractivity contribution < 1.29 is 4.39 Å². The van der Waals surface area contributed by atoms with E-state index in [-0.39, 0.29) is 5.82 Å². The third kappa shape index (κ3) is 3.62. The molecule has 0 saturated heterocycles. The molecule has 0 fully saturated rings. The lowest BCUT2D eigenvalue weighted by atomic mass is 10.0. The molecule has 7 nitrogen and oxygen atoms in total. The molecule has 0 saturated carbocycles. The van der Waals surface area contributed by atoms with Crippen molar-refractivity contribution in [2.24, 2.45) is 0 Å². The fourth-order valence-corrected chi connectivity index (χ4v) is 4.54. The summed E-state index contributed by atoms with van der Waals surface area (Å²) >= 11 is 0. The maximum atomic E-state index is 14.2. The van der Waals surface area contributed by atoms with Crippen LogP contribution in [0.2, 0.25) is 0 Å². The average molecular weight is 420 g/mol. The van der Waals surface area contributed by atoms with Crippen molar-refractivity contribution in [3.05, 3.63) is 57.9 Å². The summed E-state index contributed by atoms with van der Waals surface area (Å²) in [5.74, 6) is 2.79. The van der Waals surface area contributed by atoms with Gasteiger partial charge in [-0.25, -0.2) is 14.4 Å². The van der Waals surface area contributed by atoms with Crippen LogP contribution in [-0.4, -0.2) is 31.7 Å². The number of aromatic amines is 2. The Morgan fingerprint density at radius 2 is 1.94 bits per heavy atom. The van der Waals surface area contributed by atoms with Crippen LogP contribution in [-0.2, 0) is 19.3 Å². The number of hydrogen-bond donors (Lipinski definition) is 4. The van der Waals surface area contributed by atoms with Crippen molar-refractivity contribution in [1.82, 2.24) is 25.1 Å². The Morgan fingerprint density at radius 3 is 2.81 bits per heavy atom. The van der Waals surface area contributed by atoms with Gasteiger partial charge in [-0.1, -0.05) is 6.07 Å². The molecule has 8 heteroatoms. The Hall–Kier alpha value is -3.42. The van der Waals surface area contributed by atoms with Crippen LogP contribution in [0.5, 0.6) is 0 Å². The molecule has 1 aliphatic carbocycles. The smallest absolute Gasteiger partial charge is 0.156 e. The van der Waals surface area contributed by atoms with Gasteiger partial charge in [0.15, 0.2) is 5.82 Å². The van der Waals surface area contributed by atoms with E-state index in [0.717, 1.165) is 65.3 Å². The van der Waals surface area contributed by atoms with Gasteiger partial charge in [0, 0.05) is 34.9 Å². The fraction of sp³-hybridized carbons (Fsp3) is 0.348. The lowest BCUT2D eigenvalue weighted by Gasteiger charge is -2.10. The van der Waals surface area contributed by atoms with Crippen LogP contribution >= 0.6 is 0 Å². The van der Waals surface area contributed by atoms with Gasteiger partial charge in [0.25, 0.3) is 0 Å². The summed E-state index contributed by atoms with van der Waals surface area (Å²) in [5.41, 5.74) is 6.26. The molecule has 0 spiro atoms. The highest BCUT2D eigenvalue weighted by Gasteiger charge is 2.19. The molecule has 1 aliphatic rings. The van der Waals surface area contributed by atoms with Crippen molar-refractivity contribution >= 4 is 28.4 Å². The zero-order chi connectivity index (χ0) is 21.5. The second-order valence-electron chi connectivity index (χ2n) is 8.21. The molecule has 4 N–H and O–H groups in total. The SMILES string of the molecule is Cc1nc(NCCc2c(C)[nH]c3c(F)ccc(C)c23)cc(Nc2n[nH]c3c2CCC3)n1. The first-order valence-corrected chi connectivity index (χ1v) is 10.7. The van der Waals surface area contributed by atoms with Gasteiger partial charge in [0.2, 0.25) is 0 Å². The minimum absolute atomic E-state index is 0.213. The summed E-state index contributed by atoms with van der Waals surface area (Å²) in [6.07, 6.45) is 4.00. The van der Waals surface area contributed by atoms with Crippen molar-refractivity contribution in [1.29, 1.82) is 0 Å². The number of halogens is 1. The van der Waals surface area contributed by atoms with E-state index in [1.807, 2.05) is 32.9 Å². The molecule has 3 heterocycles. The lowest BCUT2D eigenvalue weighted by molar-refractivity contribution is 0.637. The van der Waals surface area contributed by atoms with Gasteiger partial charge in [0.05, 0.1) is 5.52 Å². The van der Waals surface area contributed by atoms with Crippen LogP contribution in [0, 0.1) is 26.6 Å². The average Bonchev–Trinajstić information content (AvgIpc) is 3.42. The molecule has 0 unspecified atom stereocenters. The van der Waals surface area contributed by atoms with Crippen molar-refractivity contribution in [3.8, 4) is 0 Å². The number of nitrogens with zero attached hydrogens (tertiary/aromatic N) is 3. The maximum absolute atomic E-state index is 14.2. The molecule has 1 aromatic carbocycles. The highest BCUT2D eigenvalue weighted by Crippen LogP contribution is 2.29. The third-order valence-corrected chi connectivity index (χ3v) is 6.00. The van der Waals surface area contributed by atoms with Crippen LogP contribution in [0.1, 0.15) is 40.3 Å². The number of nitrogens with one attached hydrogen (secondary N) is 4. The second-order valence-corrected chi connectivity index (χ2v) is 8.21. The van der Waals surface area contributed by atoms with Crippen LogP contribution < -0.4 is 10.6 Å². The van der Waals surface area contributed by atoms with E-state index >= 15 is 0 Å². The molecule has 3 aromatic heterocycles. The van der Waals surface area contributed by atoms with Gasteiger partial charge >= 0.3 is 0 Å². The quantitative estimate of drug-likeness (QED) is 0.365. The van der Waals surface area contributed by atoms with Gasteiger partial charge in [-0.05, 0) is 63.6 Å². The van der Waals surface area contributed by atoms with Crippen molar-refractivity contribution in [2.45, 2.75) is 46.5 Å². The molecule has 0 aliphatic heterocycles. The molecule has 0 atom stereocenters. The summed E-state index contributed by atoms with van der Waals surface area (Å²) in [4.78, 5) is 12.2. The molecule has 0 bridgehead atoms. The number of aromatic nitrogens is 5. The first-order valence-electron chi connectivity index (χ1n) is 10.7. The Balaban J connectivity index is 1.32. The van der Waals surface area contributed by atoms with Gasteiger partial charge in [0.1, 0.15) is 23.3 Å². The highest BCUT2D eigenvalue weighted by atomic mass is 19.1.